The molecule has 0 spiro atoms. The first-order chi connectivity index (χ1) is 15.2. The molecular weight excluding hydrogens is 428 g/mol. The highest BCUT2D eigenvalue weighted by atomic mass is 16.6. The van der Waals surface area contributed by atoms with Gasteiger partial charge in [-0.05, 0) is 32.6 Å². The Labute approximate surface area is 193 Å². The molecule has 2 rings (SSSR count). The van der Waals surface area contributed by atoms with Crippen molar-refractivity contribution in [1.82, 2.24) is 10.6 Å². The number of nitrogens with one attached hydrogen (secondary N) is 2. The first-order valence-corrected chi connectivity index (χ1v) is 10.9. The van der Waals surface area contributed by atoms with Crippen LogP contribution in [0.2, 0.25) is 0 Å². The summed E-state index contributed by atoms with van der Waals surface area (Å²) in [5.74, 6) is -3.43. The van der Waals surface area contributed by atoms with Crippen LogP contribution in [0.1, 0.15) is 69.2 Å². The number of carbonyl (C=O) groups excluding carboxylic acids is 5. The molecule has 1 aliphatic rings. The number of amides is 2. The molecule has 0 radical (unpaired) electrons. The van der Waals surface area contributed by atoms with Crippen LogP contribution in [0.3, 0.4) is 0 Å². The third-order valence-electron chi connectivity index (χ3n) is 5.01. The Morgan fingerprint density at radius 1 is 0.848 bits per heavy atom. The van der Waals surface area contributed by atoms with Gasteiger partial charge in [-0.1, -0.05) is 52.0 Å². The van der Waals surface area contributed by atoms with E-state index in [0.29, 0.717) is 0 Å². The second-order valence-electron chi connectivity index (χ2n) is 9.69. The van der Waals surface area contributed by atoms with Gasteiger partial charge in [-0.15, -0.1) is 0 Å². The molecule has 0 aliphatic heterocycles. The number of esters is 1. The number of hydrogen-bond acceptors (Lipinski definition) is 7. The van der Waals surface area contributed by atoms with E-state index in [-0.39, 0.29) is 17.0 Å². The van der Waals surface area contributed by atoms with Gasteiger partial charge in [-0.25, -0.2) is 9.59 Å². The summed E-state index contributed by atoms with van der Waals surface area (Å²) in [4.78, 5) is 63.0. The second kappa shape index (κ2) is 10.1. The Kier molecular flexibility index (Phi) is 8.00. The lowest BCUT2D eigenvalue weighted by molar-refractivity contribution is -0.151. The van der Waals surface area contributed by atoms with Gasteiger partial charge in [-0.3, -0.25) is 14.4 Å². The van der Waals surface area contributed by atoms with Crippen LogP contribution in [0.25, 0.3) is 0 Å². The third kappa shape index (κ3) is 6.40. The van der Waals surface area contributed by atoms with Gasteiger partial charge in [0.25, 0.3) is 0 Å². The summed E-state index contributed by atoms with van der Waals surface area (Å²) in [6, 6.07) is 4.13. The van der Waals surface area contributed by atoms with Crippen LogP contribution in [-0.2, 0) is 19.1 Å². The van der Waals surface area contributed by atoms with Gasteiger partial charge in [0.05, 0.1) is 0 Å². The predicted octanol–water partition coefficient (Wildman–Crippen LogP) is 2.67. The van der Waals surface area contributed by atoms with E-state index in [4.69, 9.17) is 9.47 Å². The molecule has 33 heavy (non-hydrogen) atoms. The summed E-state index contributed by atoms with van der Waals surface area (Å²) in [7, 11) is 0. The number of carbonyl (C=O) groups is 5. The lowest BCUT2D eigenvalue weighted by Gasteiger charge is -2.28. The minimum atomic E-state index is -1.58. The minimum Gasteiger partial charge on any atom is -0.444 e. The molecule has 9 heteroatoms. The van der Waals surface area contributed by atoms with Gasteiger partial charge >= 0.3 is 12.1 Å². The number of Topliss-reactive ketones (excluding diaryl/α,β-unsaturated/α-hetero) is 2. The van der Waals surface area contributed by atoms with E-state index < -0.39 is 59.2 Å². The van der Waals surface area contributed by atoms with Crippen molar-refractivity contribution >= 4 is 29.5 Å². The fraction of sp³-hybridized carbons (Fsp3) is 0.542. The van der Waals surface area contributed by atoms with Crippen LogP contribution < -0.4 is 10.6 Å². The number of rotatable bonds is 7. The Bertz CT molecular complexity index is 911. The van der Waals surface area contributed by atoms with Crippen LogP contribution in [0.5, 0.6) is 0 Å². The molecule has 1 aromatic carbocycles. The molecule has 0 aromatic heterocycles. The minimum absolute atomic E-state index is 0.201. The maximum absolute atomic E-state index is 12.9. The molecule has 0 fully saturated rings. The summed E-state index contributed by atoms with van der Waals surface area (Å²) in [5, 5.41) is 5.11. The lowest BCUT2D eigenvalue weighted by atomic mass is 10.0. The summed E-state index contributed by atoms with van der Waals surface area (Å²) in [5.41, 5.74) is -0.344. The zero-order chi connectivity index (χ0) is 25.1. The topological polar surface area (TPSA) is 128 Å². The highest BCUT2D eigenvalue weighted by molar-refractivity contribution is 6.29. The number of hydrogen-bond donors (Lipinski definition) is 2. The Hall–Kier alpha value is -3.23. The van der Waals surface area contributed by atoms with E-state index in [1.54, 1.807) is 60.6 Å². The summed E-state index contributed by atoms with van der Waals surface area (Å²) in [6.07, 6.45) is -2.34. The fourth-order valence-corrected chi connectivity index (χ4v) is 3.32. The average molecular weight is 461 g/mol. The number of benzene rings is 1. The summed E-state index contributed by atoms with van der Waals surface area (Å²) < 4.78 is 10.5. The molecule has 2 amide bonds. The van der Waals surface area contributed by atoms with E-state index in [1.165, 1.54) is 12.1 Å². The SMILES string of the molecule is CC(C)[C@H](NC(=O)OC(C)(C)C)C(=O)N[C@@H](C(=O)OC1C(=O)c2ccccc2C1=O)C(C)C. The Morgan fingerprint density at radius 2 is 1.33 bits per heavy atom. The number of ketones is 2. The molecule has 1 aromatic rings. The highest BCUT2D eigenvalue weighted by Crippen LogP contribution is 2.25. The standard InChI is InChI=1S/C24H32N2O7/c1-12(2)16(26-23(31)33-24(5,6)7)21(29)25-17(13(3)4)22(30)32-20-18(27)14-10-8-9-11-15(14)19(20)28/h8-13,16-17,20H,1-7H3,(H,25,29)(H,26,31)/t16-,17+/m0/s1. The molecule has 9 nitrogen and oxygen atoms in total. The normalized spacial score (nSPS) is 15.8. The predicted molar refractivity (Wildman–Crippen MR) is 120 cm³/mol. The number of alkyl carbamates (subject to hydrolysis) is 1. The van der Waals surface area contributed by atoms with Crippen LogP contribution in [0.4, 0.5) is 4.79 Å². The van der Waals surface area contributed by atoms with Gasteiger partial charge in [0.15, 0.2) is 0 Å². The smallest absolute Gasteiger partial charge is 0.408 e. The van der Waals surface area contributed by atoms with Gasteiger partial charge in [0.1, 0.15) is 17.7 Å². The van der Waals surface area contributed by atoms with E-state index in [0.717, 1.165) is 0 Å². The molecule has 2 atom stereocenters. The average Bonchev–Trinajstić information content (AvgIpc) is 2.93. The van der Waals surface area contributed by atoms with Gasteiger partial charge in [-0.2, -0.15) is 0 Å². The van der Waals surface area contributed by atoms with E-state index in [9.17, 15) is 24.0 Å². The van der Waals surface area contributed by atoms with Crippen molar-refractivity contribution in [3.8, 4) is 0 Å². The molecule has 0 saturated heterocycles. The zero-order valence-electron chi connectivity index (χ0n) is 20.1. The first kappa shape index (κ1) is 26.0. The van der Waals surface area contributed by atoms with Gasteiger partial charge in [0.2, 0.25) is 23.6 Å². The summed E-state index contributed by atoms with van der Waals surface area (Å²) >= 11 is 0. The number of ether oxygens (including phenoxy) is 2. The Balaban J connectivity index is 2.12. The third-order valence-corrected chi connectivity index (χ3v) is 5.01. The van der Waals surface area contributed by atoms with Crippen molar-refractivity contribution in [3.63, 3.8) is 0 Å². The monoisotopic (exact) mass is 460 g/mol. The molecule has 0 bridgehead atoms. The fourth-order valence-electron chi connectivity index (χ4n) is 3.32. The van der Waals surface area contributed by atoms with Crippen molar-refractivity contribution in [1.29, 1.82) is 0 Å². The maximum Gasteiger partial charge on any atom is 0.408 e. The molecule has 0 unspecified atom stereocenters. The van der Waals surface area contributed by atoms with E-state index >= 15 is 0 Å². The van der Waals surface area contributed by atoms with E-state index in [2.05, 4.69) is 10.6 Å². The lowest BCUT2D eigenvalue weighted by Crippen LogP contribution is -2.56. The van der Waals surface area contributed by atoms with Gasteiger partial charge < -0.3 is 20.1 Å². The molecule has 0 saturated carbocycles. The second-order valence-corrected chi connectivity index (χ2v) is 9.69. The van der Waals surface area contributed by atoms with Crippen molar-refractivity contribution < 1.29 is 33.4 Å². The number of fused-ring (bicyclic) bond motifs is 1. The molecule has 180 valence electrons. The molecular formula is C24H32N2O7. The molecule has 0 heterocycles. The van der Waals surface area contributed by atoms with Crippen molar-refractivity contribution in [2.45, 2.75) is 72.3 Å². The van der Waals surface area contributed by atoms with Crippen molar-refractivity contribution in [2.75, 3.05) is 0 Å². The largest absolute Gasteiger partial charge is 0.444 e. The Morgan fingerprint density at radius 3 is 1.76 bits per heavy atom. The summed E-state index contributed by atoms with van der Waals surface area (Å²) in [6.45, 7) is 11.9. The quantitative estimate of drug-likeness (QED) is 0.473. The van der Waals surface area contributed by atoms with Crippen LogP contribution in [0, 0.1) is 11.8 Å². The first-order valence-electron chi connectivity index (χ1n) is 10.9. The molecule has 1 aliphatic carbocycles. The van der Waals surface area contributed by atoms with Crippen LogP contribution in [-0.4, -0.2) is 53.3 Å². The van der Waals surface area contributed by atoms with E-state index in [1.807, 2.05) is 0 Å². The van der Waals surface area contributed by atoms with Crippen molar-refractivity contribution in [3.05, 3.63) is 35.4 Å². The highest BCUT2D eigenvalue weighted by Gasteiger charge is 2.43. The zero-order valence-corrected chi connectivity index (χ0v) is 20.1. The molecule has 2 N–H and O–H groups in total. The van der Waals surface area contributed by atoms with Crippen molar-refractivity contribution in [2.24, 2.45) is 11.8 Å². The van der Waals surface area contributed by atoms with Crippen LogP contribution in [0.15, 0.2) is 24.3 Å². The maximum atomic E-state index is 12.9. The van der Waals surface area contributed by atoms with Gasteiger partial charge in [0, 0.05) is 11.1 Å². The van der Waals surface area contributed by atoms with Crippen LogP contribution >= 0.6 is 0 Å².